The molecular weight excluding hydrogens is 342 g/mol. The highest BCUT2D eigenvalue weighted by atomic mass is 16.1. The highest BCUT2D eigenvalue weighted by Gasteiger charge is 2.22. The second kappa shape index (κ2) is 7.50. The molecule has 0 bridgehead atoms. The first kappa shape index (κ1) is 18.5. The van der Waals surface area contributed by atoms with Crippen LogP contribution in [0.5, 0.6) is 0 Å². The van der Waals surface area contributed by atoms with E-state index >= 15 is 0 Å². The Labute approximate surface area is 157 Å². The lowest BCUT2D eigenvalue weighted by Gasteiger charge is -2.15. The van der Waals surface area contributed by atoms with Crippen LogP contribution in [0.4, 0.5) is 5.69 Å². The fourth-order valence-corrected chi connectivity index (χ4v) is 2.95. The molecule has 1 N–H and O–H groups in total. The van der Waals surface area contributed by atoms with Crippen LogP contribution in [-0.4, -0.2) is 23.1 Å². The van der Waals surface area contributed by atoms with Gasteiger partial charge in [0.25, 0.3) is 0 Å². The van der Waals surface area contributed by atoms with Crippen molar-refractivity contribution in [3.05, 3.63) is 77.1 Å². The van der Waals surface area contributed by atoms with Crippen molar-refractivity contribution >= 4 is 28.8 Å². The molecule has 2 aliphatic carbocycles. The van der Waals surface area contributed by atoms with Crippen molar-refractivity contribution in [2.24, 2.45) is 5.92 Å². The molecule has 0 aliphatic heterocycles. The molecule has 0 spiro atoms. The van der Waals surface area contributed by atoms with E-state index in [4.69, 9.17) is 0 Å². The van der Waals surface area contributed by atoms with Crippen LogP contribution in [0.25, 0.3) is 0 Å². The molecule has 0 amide bonds. The number of anilines is 1. The van der Waals surface area contributed by atoms with Gasteiger partial charge in [0.1, 0.15) is 0 Å². The third-order valence-corrected chi connectivity index (χ3v) is 4.37. The first-order valence-electron chi connectivity index (χ1n) is 8.68. The van der Waals surface area contributed by atoms with Crippen LogP contribution in [0.3, 0.4) is 0 Å². The Morgan fingerprint density at radius 1 is 0.889 bits per heavy atom. The van der Waals surface area contributed by atoms with Crippen molar-refractivity contribution in [2.45, 2.75) is 20.3 Å². The first-order chi connectivity index (χ1) is 12.8. The van der Waals surface area contributed by atoms with Gasteiger partial charge in [-0.05, 0) is 47.9 Å². The maximum Gasteiger partial charge on any atom is 0.202 e. The summed E-state index contributed by atoms with van der Waals surface area (Å²) in [5, 5.41) is 2.94. The number of hydrogen-bond acceptors (Lipinski definition) is 5. The molecule has 1 aromatic rings. The zero-order valence-corrected chi connectivity index (χ0v) is 15.1. The van der Waals surface area contributed by atoms with Crippen LogP contribution in [0.2, 0.25) is 0 Å². The second-order valence-corrected chi connectivity index (χ2v) is 6.81. The standard InChI is InChI=1S/C22H19NO4/c1-13(2)18-12-21(26)15(10-22(18)27)8-14-4-3-5-16(9-14)23-19-11-17(24)6-7-20(19)25/h3-7,9-13,23H,8H2,1-2H3. The van der Waals surface area contributed by atoms with Crippen LogP contribution in [0.15, 0.2) is 71.5 Å². The number of hydrogen-bond donors (Lipinski definition) is 1. The predicted molar refractivity (Wildman–Crippen MR) is 102 cm³/mol. The van der Waals surface area contributed by atoms with E-state index in [0.717, 1.165) is 5.56 Å². The number of allylic oxidation sites excluding steroid dienone is 7. The molecule has 0 saturated carbocycles. The Kier molecular flexibility index (Phi) is 5.12. The van der Waals surface area contributed by atoms with Gasteiger partial charge in [-0.2, -0.15) is 0 Å². The minimum Gasteiger partial charge on any atom is -0.352 e. The summed E-state index contributed by atoms with van der Waals surface area (Å²) in [5.41, 5.74) is 2.61. The SMILES string of the molecule is CC(C)C1=CC(=O)C(Cc2cccc(NC3=CC(=O)C=CC3=O)c2)=CC1=O. The van der Waals surface area contributed by atoms with Gasteiger partial charge in [0, 0.05) is 29.3 Å². The molecule has 5 heteroatoms. The van der Waals surface area contributed by atoms with Crippen molar-refractivity contribution in [1.29, 1.82) is 0 Å². The highest BCUT2D eigenvalue weighted by Crippen LogP contribution is 2.23. The summed E-state index contributed by atoms with van der Waals surface area (Å²) < 4.78 is 0. The molecule has 3 rings (SSSR count). The lowest BCUT2D eigenvalue weighted by molar-refractivity contribution is -0.115. The van der Waals surface area contributed by atoms with Gasteiger partial charge >= 0.3 is 0 Å². The van der Waals surface area contributed by atoms with Crippen LogP contribution in [0, 0.1) is 5.92 Å². The number of nitrogens with one attached hydrogen (secondary N) is 1. The molecule has 27 heavy (non-hydrogen) atoms. The summed E-state index contributed by atoms with van der Waals surface area (Å²) in [6, 6.07) is 7.18. The van der Waals surface area contributed by atoms with E-state index in [-0.39, 0.29) is 34.7 Å². The Hall–Kier alpha value is -3.34. The third kappa shape index (κ3) is 4.26. The number of carbonyl (C=O) groups excluding carboxylic acids is 4. The monoisotopic (exact) mass is 361 g/mol. The zero-order chi connectivity index (χ0) is 19.6. The van der Waals surface area contributed by atoms with Gasteiger partial charge < -0.3 is 5.32 Å². The number of carbonyl (C=O) groups is 4. The van der Waals surface area contributed by atoms with Gasteiger partial charge in [0.15, 0.2) is 17.3 Å². The maximum atomic E-state index is 12.3. The largest absolute Gasteiger partial charge is 0.352 e. The second-order valence-electron chi connectivity index (χ2n) is 6.81. The van der Waals surface area contributed by atoms with E-state index in [1.807, 2.05) is 19.9 Å². The summed E-state index contributed by atoms with van der Waals surface area (Å²) in [4.78, 5) is 47.8. The molecule has 2 aliphatic rings. The van der Waals surface area contributed by atoms with Crippen molar-refractivity contribution in [3.8, 4) is 0 Å². The van der Waals surface area contributed by atoms with Gasteiger partial charge in [0.2, 0.25) is 5.78 Å². The molecule has 5 nitrogen and oxygen atoms in total. The van der Waals surface area contributed by atoms with Gasteiger partial charge in [-0.3, -0.25) is 19.2 Å². The molecule has 0 atom stereocenters. The van der Waals surface area contributed by atoms with Gasteiger partial charge in [-0.25, -0.2) is 0 Å². The van der Waals surface area contributed by atoms with E-state index < -0.39 is 0 Å². The summed E-state index contributed by atoms with van der Waals surface area (Å²) in [6.07, 6.45) is 6.85. The summed E-state index contributed by atoms with van der Waals surface area (Å²) in [7, 11) is 0. The average molecular weight is 361 g/mol. The number of benzene rings is 1. The topological polar surface area (TPSA) is 80.3 Å². The highest BCUT2D eigenvalue weighted by molar-refractivity contribution is 6.20. The summed E-state index contributed by atoms with van der Waals surface area (Å²) >= 11 is 0. The Bertz CT molecular complexity index is 974. The molecule has 0 radical (unpaired) electrons. The third-order valence-electron chi connectivity index (χ3n) is 4.37. The fraction of sp³-hybridized carbons (Fsp3) is 0.182. The predicted octanol–water partition coefficient (Wildman–Crippen LogP) is 2.89. The fourth-order valence-electron chi connectivity index (χ4n) is 2.95. The van der Waals surface area contributed by atoms with E-state index in [0.29, 0.717) is 23.3 Å². The molecule has 0 saturated heterocycles. The lowest BCUT2D eigenvalue weighted by atomic mass is 9.88. The summed E-state index contributed by atoms with van der Waals surface area (Å²) in [5.74, 6) is -0.806. The average Bonchev–Trinajstić information content (AvgIpc) is 2.61. The van der Waals surface area contributed by atoms with Crippen molar-refractivity contribution in [2.75, 3.05) is 5.32 Å². The van der Waals surface area contributed by atoms with Gasteiger partial charge in [-0.15, -0.1) is 0 Å². The lowest BCUT2D eigenvalue weighted by Crippen LogP contribution is -2.17. The van der Waals surface area contributed by atoms with E-state index in [9.17, 15) is 19.2 Å². The van der Waals surface area contributed by atoms with Crippen molar-refractivity contribution in [3.63, 3.8) is 0 Å². The molecule has 1 aromatic carbocycles. The van der Waals surface area contributed by atoms with Crippen molar-refractivity contribution in [1.82, 2.24) is 0 Å². The van der Waals surface area contributed by atoms with Gasteiger partial charge in [0.05, 0.1) is 5.70 Å². The maximum absolute atomic E-state index is 12.3. The van der Waals surface area contributed by atoms with Crippen LogP contribution >= 0.6 is 0 Å². The Balaban J connectivity index is 1.76. The Morgan fingerprint density at radius 3 is 2.41 bits per heavy atom. The minimum absolute atomic E-state index is 0.00448. The molecule has 136 valence electrons. The van der Waals surface area contributed by atoms with Gasteiger partial charge in [-0.1, -0.05) is 26.0 Å². The quantitative estimate of drug-likeness (QED) is 0.816. The number of ketones is 4. The zero-order valence-electron chi connectivity index (χ0n) is 15.1. The minimum atomic E-state index is -0.276. The number of rotatable bonds is 5. The van der Waals surface area contributed by atoms with Crippen molar-refractivity contribution < 1.29 is 19.2 Å². The van der Waals surface area contributed by atoms with E-state index in [1.165, 1.54) is 30.4 Å². The Morgan fingerprint density at radius 2 is 1.67 bits per heavy atom. The normalized spacial score (nSPS) is 17.1. The van der Waals surface area contributed by atoms with E-state index in [2.05, 4.69) is 5.32 Å². The molecule has 0 aromatic heterocycles. The van der Waals surface area contributed by atoms with Crippen LogP contribution < -0.4 is 5.32 Å². The van der Waals surface area contributed by atoms with E-state index in [1.54, 1.807) is 18.2 Å². The molecule has 0 unspecified atom stereocenters. The molecule has 0 heterocycles. The molecule has 0 fully saturated rings. The van der Waals surface area contributed by atoms with Crippen LogP contribution in [-0.2, 0) is 25.6 Å². The first-order valence-corrected chi connectivity index (χ1v) is 8.68. The smallest absolute Gasteiger partial charge is 0.202 e. The molecular formula is C22H19NO4. The summed E-state index contributed by atoms with van der Waals surface area (Å²) in [6.45, 7) is 3.76. The van der Waals surface area contributed by atoms with Crippen LogP contribution in [0.1, 0.15) is 19.4 Å².